The Morgan fingerprint density at radius 3 is 2.30 bits per heavy atom. The molecule has 1 saturated heterocycles. The van der Waals surface area contributed by atoms with Crippen LogP contribution in [-0.2, 0) is 23.0 Å². The lowest BCUT2D eigenvalue weighted by Crippen LogP contribution is -2.31. The Morgan fingerprint density at radius 1 is 0.909 bits per heavy atom. The fraction of sp³-hybridized carbons (Fsp3) is 0.360. The summed E-state index contributed by atoms with van der Waals surface area (Å²) in [5, 5.41) is 9.64. The Hall–Kier alpha value is -3.15. The number of benzene rings is 2. The van der Waals surface area contributed by atoms with Gasteiger partial charge in [-0.05, 0) is 54.7 Å². The van der Waals surface area contributed by atoms with Crippen molar-refractivity contribution in [2.24, 2.45) is 0 Å². The van der Waals surface area contributed by atoms with E-state index in [2.05, 4.69) is 23.2 Å². The first-order chi connectivity index (χ1) is 16.1. The lowest BCUT2D eigenvalue weighted by molar-refractivity contribution is 0.423. The maximum atomic E-state index is 13.0. The molecular weight excluding hydrogens is 436 g/mol. The third-order valence-corrected chi connectivity index (χ3v) is 8.35. The van der Waals surface area contributed by atoms with Gasteiger partial charge in [0.15, 0.2) is 0 Å². The standard InChI is InChI=1S/C25H26N4O3S/c26-17-23-25(28-16-13-19-7-3-4-8-21(19)18-28)32-24(27-23)20-9-11-22(12-10-20)33(30,31)29-14-5-1-2-6-15-29/h3-4,7-12H,1-2,5-6,13-16,18H2. The van der Waals surface area contributed by atoms with Gasteiger partial charge in [0.05, 0.1) is 4.90 Å². The summed E-state index contributed by atoms with van der Waals surface area (Å²) in [4.78, 5) is 6.70. The van der Waals surface area contributed by atoms with Crippen LogP contribution < -0.4 is 4.90 Å². The first-order valence-corrected chi connectivity index (χ1v) is 12.8. The van der Waals surface area contributed by atoms with Crippen molar-refractivity contribution in [3.8, 4) is 17.5 Å². The van der Waals surface area contributed by atoms with Crippen LogP contribution in [0.4, 0.5) is 5.88 Å². The summed E-state index contributed by atoms with van der Waals surface area (Å²) in [6, 6.07) is 17.0. The first-order valence-electron chi connectivity index (χ1n) is 11.4. The van der Waals surface area contributed by atoms with Crippen LogP contribution in [0.3, 0.4) is 0 Å². The number of rotatable bonds is 4. The molecule has 33 heavy (non-hydrogen) atoms. The Morgan fingerprint density at radius 2 is 1.61 bits per heavy atom. The smallest absolute Gasteiger partial charge is 0.243 e. The normalized spacial score (nSPS) is 17.2. The Labute approximate surface area is 194 Å². The van der Waals surface area contributed by atoms with Gasteiger partial charge in [0.25, 0.3) is 0 Å². The van der Waals surface area contributed by atoms with Crippen molar-refractivity contribution in [1.82, 2.24) is 9.29 Å². The van der Waals surface area contributed by atoms with E-state index in [9.17, 15) is 13.7 Å². The Kier molecular flexibility index (Phi) is 5.92. The molecule has 0 N–H and O–H groups in total. The van der Waals surface area contributed by atoms with E-state index in [0.717, 1.165) is 38.6 Å². The lowest BCUT2D eigenvalue weighted by atomic mass is 10.00. The quantitative estimate of drug-likeness (QED) is 0.573. The molecule has 2 aliphatic rings. The van der Waals surface area contributed by atoms with Gasteiger partial charge in [0.1, 0.15) is 6.07 Å². The highest BCUT2D eigenvalue weighted by molar-refractivity contribution is 7.89. The summed E-state index contributed by atoms with van der Waals surface area (Å²) in [6.45, 7) is 2.54. The molecule has 170 valence electrons. The van der Waals surface area contributed by atoms with Crippen molar-refractivity contribution in [2.45, 2.75) is 43.5 Å². The van der Waals surface area contributed by atoms with Crippen molar-refractivity contribution in [1.29, 1.82) is 5.26 Å². The number of sulfonamides is 1. The molecule has 3 heterocycles. The number of oxazole rings is 1. The maximum Gasteiger partial charge on any atom is 0.243 e. The van der Waals surface area contributed by atoms with Gasteiger partial charge in [0.2, 0.25) is 27.5 Å². The summed E-state index contributed by atoms with van der Waals surface area (Å²) in [6.07, 6.45) is 4.81. The van der Waals surface area contributed by atoms with Crippen LogP contribution in [0, 0.1) is 11.3 Å². The molecule has 0 aliphatic carbocycles. The van der Waals surface area contributed by atoms with E-state index >= 15 is 0 Å². The largest absolute Gasteiger partial charge is 0.419 e. The van der Waals surface area contributed by atoms with Crippen molar-refractivity contribution >= 4 is 15.9 Å². The molecule has 1 fully saturated rings. The number of nitrogens with zero attached hydrogens (tertiary/aromatic N) is 4. The SMILES string of the molecule is N#Cc1nc(-c2ccc(S(=O)(=O)N3CCCCCC3)cc2)oc1N1CCc2ccccc2C1. The fourth-order valence-electron chi connectivity index (χ4n) is 4.59. The van der Waals surface area contributed by atoms with Gasteiger partial charge < -0.3 is 9.32 Å². The van der Waals surface area contributed by atoms with E-state index in [-0.39, 0.29) is 10.6 Å². The first kappa shape index (κ1) is 21.7. The zero-order chi connectivity index (χ0) is 22.8. The molecule has 0 radical (unpaired) electrons. The predicted octanol–water partition coefficient (Wildman–Crippen LogP) is 4.34. The number of nitriles is 1. The second-order valence-electron chi connectivity index (χ2n) is 8.57. The number of hydrogen-bond donors (Lipinski definition) is 0. The minimum atomic E-state index is -3.52. The number of fused-ring (bicyclic) bond motifs is 1. The molecule has 3 aromatic rings. The predicted molar refractivity (Wildman–Crippen MR) is 125 cm³/mol. The molecule has 2 aliphatic heterocycles. The van der Waals surface area contributed by atoms with Gasteiger partial charge in [-0.2, -0.15) is 14.6 Å². The van der Waals surface area contributed by atoms with Crippen LogP contribution >= 0.6 is 0 Å². The molecule has 0 saturated carbocycles. The van der Waals surface area contributed by atoms with Gasteiger partial charge in [0, 0.05) is 31.7 Å². The monoisotopic (exact) mass is 462 g/mol. The van der Waals surface area contributed by atoms with E-state index in [1.807, 2.05) is 17.0 Å². The van der Waals surface area contributed by atoms with Crippen LogP contribution in [0.2, 0.25) is 0 Å². The fourth-order valence-corrected chi connectivity index (χ4v) is 6.11. The number of anilines is 1. The van der Waals surface area contributed by atoms with E-state index in [4.69, 9.17) is 4.42 Å². The van der Waals surface area contributed by atoms with Crippen molar-refractivity contribution in [3.05, 3.63) is 65.4 Å². The number of hydrogen-bond acceptors (Lipinski definition) is 6. The summed E-state index contributed by atoms with van der Waals surface area (Å²) in [5.74, 6) is 0.780. The van der Waals surface area contributed by atoms with Crippen LogP contribution in [0.25, 0.3) is 11.5 Å². The molecule has 0 atom stereocenters. The van der Waals surface area contributed by atoms with E-state index in [1.54, 1.807) is 28.6 Å². The molecule has 0 spiro atoms. The third-order valence-electron chi connectivity index (χ3n) is 6.44. The molecular formula is C25H26N4O3S. The highest BCUT2D eigenvalue weighted by Crippen LogP contribution is 2.32. The van der Waals surface area contributed by atoms with Crippen molar-refractivity contribution in [2.75, 3.05) is 24.5 Å². The summed E-state index contributed by atoms with van der Waals surface area (Å²) < 4.78 is 33.7. The second-order valence-corrected chi connectivity index (χ2v) is 10.5. The molecule has 0 amide bonds. The molecule has 5 rings (SSSR count). The van der Waals surface area contributed by atoms with Gasteiger partial charge in [-0.15, -0.1) is 0 Å². The second kappa shape index (κ2) is 9.00. The van der Waals surface area contributed by atoms with Gasteiger partial charge >= 0.3 is 0 Å². The minimum Gasteiger partial charge on any atom is -0.419 e. The Balaban J connectivity index is 1.39. The van der Waals surface area contributed by atoms with Gasteiger partial charge in [-0.1, -0.05) is 37.1 Å². The highest BCUT2D eigenvalue weighted by atomic mass is 32.2. The molecule has 0 bridgehead atoms. The Bertz CT molecular complexity index is 1280. The molecule has 0 unspecified atom stereocenters. The molecule has 7 nitrogen and oxygen atoms in total. The van der Waals surface area contributed by atoms with Gasteiger partial charge in [-0.3, -0.25) is 0 Å². The highest BCUT2D eigenvalue weighted by Gasteiger charge is 2.27. The number of aromatic nitrogens is 1. The molecule has 1 aromatic heterocycles. The summed E-state index contributed by atoms with van der Waals surface area (Å²) in [7, 11) is -3.52. The average molecular weight is 463 g/mol. The van der Waals surface area contributed by atoms with E-state index < -0.39 is 10.0 Å². The van der Waals surface area contributed by atoms with Crippen LogP contribution in [0.5, 0.6) is 0 Å². The van der Waals surface area contributed by atoms with Gasteiger partial charge in [-0.25, -0.2) is 8.42 Å². The zero-order valence-corrected chi connectivity index (χ0v) is 19.2. The van der Waals surface area contributed by atoms with Crippen LogP contribution in [0.15, 0.2) is 57.8 Å². The molecule has 2 aromatic carbocycles. The van der Waals surface area contributed by atoms with E-state index in [1.165, 1.54) is 11.1 Å². The van der Waals surface area contributed by atoms with E-state index in [0.29, 0.717) is 37.0 Å². The summed E-state index contributed by atoms with van der Waals surface area (Å²) in [5.41, 5.74) is 3.41. The summed E-state index contributed by atoms with van der Waals surface area (Å²) >= 11 is 0. The van der Waals surface area contributed by atoms with Crippen molar-refractivity contribution in [3.63, 3.8) is 0 Å². The lowest BCUT2D eigenvalue weighted by Gasteiger charge is -2.28. The van der Waals surface area contributed by atoms with Crippen molar-refractivity contribution < 1.29 is 12.8 Å². The average Bonchev–Trinajstić information content (AvgIpc) is 3.09. The molecule has 8 heteroatoms. The maximum absolute atomic E-state index is 13.0. The van der Waals surface area contributed by atoms with Crippen LogP contribution in [0.1, 0.15) is 42.5 Å². The third kappa shape index (κ3) is 4.26. The minimum absolute atomic E-state index is 0.241. The topological polar surface area (TPSA) is 90.4 Å². The van der Waals surface area contributed by atoms with Crippen LogP contribution in [-0.4, -0.2) is 37.3 Å². The zero-order valence-electron chi connectivity index (χ0n) is 18.4.